The molecule has 0 aliphatic carbocycles. The predicted molar refractivity (Wildman–Crippen MR) is 86.2 cm³/mol. The first kappa shape index (κ1) is 22.3. The minimum absolute atomic E-state index is 0. The molecule has 0 saturated heterocycles. The van der Waals surface area contributed by atoms with Crippen molar-refractivity contribution >= 4 is 22.2 Å². The zero-order chi connectivity index (χ0) is 16.9. The zero-order valence-electron chi connectivity index (χ0n) is 13.6. The Morgan fingerprint density at radius 3 is 1.22 bits per heavy atom. The third-order valence-corrected chi connectivity index (χ3v) is 5.07. The summed E-state index contributed by atoms with van der Waals surface area (Å²) in [6.45, 7) is 7.40. The van der Waals surface area contributed by atoms with Crippen molar-refractivity contribution in [3.8, 4) is 0 Å². The second kappa shape index (κ2) is 10.2. The summed E-state index contributed by atoms with van der Waals surface area (Å²) in [4.78, 5) is 0.787. The molecule has 2 atom stereocenters. The van der Waals surface area contributed by atoms with Crippen molar-refractivity contribution in [1.29, 1.82) is 0 Å². The zero-order valence-corrected chi connectivity index (χ0v) is 18.2. The molecule has 0 radical (unpaired) electrons. The van der Waals surface area contributed by atoms with Crippen LogP contribution in [0.2, 0.25) is 0 Å². The van der Waals surface area contributed by atoms with E-state index in [0.717, 1.165) is 22.3 Å². The second-order valence-corrected chi connectivity index (χ2v) is 6.68. The first-order chi connectivity index (χ1) is 10.3. The number of hydrogen-bond donors (Lipinski definition) is 0. The van der Waals surface area contributed by atoms with Crippen molar-refractivity contribution < 1.29 is 37.0 Å². The average molecular weight is 404 g/mol. The fourth-order valence-electron chi connectivity index (χ4n) is 1.81. The Morgan fingerprint density at radius 2 is 1.00 bits per heavy atom. The van der Waals surface area contributed by atoms with Crippen molar-refractivity contribution in [2.24, 2.45) is 0 Å². The van der Waals surface area contributed by atoms with Crippen LogP contribution in [0.3, 0.4) is 0 Å². The van der Waals surface area contributed by atoms with E-state index in [0.29, 0.717) is 9.79 Å². The van der Waals surface area contributed by atoms with Gasteiger partial charge < -0.3 is 9.11 Å². The summed E-state index contributed by atoms with van der Waals surface area (Å²) in [5, 5.41) is 0. The molecular formula is C16H18O4S2Zn. The molecule has 0 fully saturated rings. The van der Waals surface area contributed by atoms with Gasteiger partial charge in [0.1, 0.15) is 0 Å². The van der Waals surface area contributed by atoms with Crippen LogP contribution >= 0.6 is 0 Å². The van der Waals surface area contributed by atoms with Gasteiger partial charge in [-0.15, -0.1) is 0 Å². The molecule has 0 N–H and O–H groups in total. The summed E-state index contributed by atoms with van der Waals surface area (Å²) in [7, 11) is 0. The summed E-state index contributed by atoms with van der Waals surface area (Å²) in [5.41, 5.74) is 3.68. The molecular weight excluding hydrogens is 386 g/mol. The molecule has 2 unspecified atom stereocenters. The Hall–Kier alpha value is -0.717. The van der Waals surface area contributed by atoms with Gasteiger partial charge in [-0.25, -0.2) is 0 Å². The van der Waals surface area contributed by atoms with E-state index in [1.165, 1.54) is 0 Å². The number of aryl methyl sites for hydroxylation is 2. The summed E-state index contributed by atoms with van der Waals surface area (Å²) < 4.78 is 42.3. The Labute approximate surface area is 155 Å². The summed E-state index contributed by atoms with van der Waals surface area (Å²) >= 11 is -4.20. The van der Waals surface area contributed by atoms with Gasteiger partial charge >= 0.3 is 19.5 Å². The Bertz CT molecular complexity index is 656. The molecule has 0 heterocycles. The monoisotopic (exact) mass is 402 g/mol. The summed E-state index contributed by atoms with van der Waals surface area (Å²) in [6, 6.07) is 10.5. The quantitative estimate of drug-likeness (QED) is 0.570. The van der Waals surface area contributed by atoms with Gasteiger partial charge in [0.2, 0.25) is 0 Å². The van der Waals surface area contributed by atoms with Gasteiger partial charge in [0.25, 0.3) is 0 Å². The van der Waals surface area contributed by atoms with Crippen molar-refractivity contribution in [1.82, 2.24) is 0 Å². The Kier molecular flexibility index (Phi) is 9.89. The van der Waals surface area contributed by atoms with Gasteiger partial charge in [0, 0.05) is 9.79 Å². The third-order valence-electron chi connectivity index (χ3n) is 3.47. The van der Waals surface area contributed by atoms with E-state index in [2.05, 4.69) is 0 Å². The standard InChI is InChI=1S/2C8H10O2S.Zn/c2*1-6-4-3-5-8(7(6)2)11(9)10;/h2*3-5H,1-2H3,(H,9,10);/q;;+2/p-2. The number of hydrogen-bond acceptors (Lipinski definition) is 4. The minimum atomic E-state index is -2.10. The fourth-order valence-corrected chi connectivity index (χ4v) is 3.01. The van der Waals surface area contributed by atoms with E-state index in [-0.39, 0.29) is 19.5 Å². The average Bonchev–Trinajstić information content (AvgIpc) is 2.45. The molecule has 0 amide bonds. The van der Waals surface area contributed by atoms with Crippen LogP contribution < -0.4 is 0 Å². The van der Waals surface area contributed by atoms with Gasteiger partial charge in [-0.1, -0.05) is 24.3 Å². The fraction of sp³-hybridized carbons (Fsp3) is 0.250. The largest absolute Gasteiger partial charge is 2.00 e. The van der Waals surface area contributed by atoms with Crippen molar-refractivity contribution in [3.05, 3.63) is 58.7 Å². The van der Waals surface area contributed by atoms with E-state index in [1.54, 1.807) is 38.1 Å². The van der Waals surface area contributed by atoms with E-state index < -0.39 is 22.2 Å². The van der Waals surface area contributed by atoms with Crippen LogP contribution in [0.5, 0.6) is 0 Å². The van der Waals surface area contributed by atoms with Crippen molar-refractivity contribution in [2.45, 2.75) is 37.5 Å². The van der Waals surface area contributed by atoms with Crippen LogP contribution in [0.25, 0.3) is 0 Å². The Balaban J connectivity index is 0.000000403. The van der Waals surface area contributed by atoms with Gasteiger partial charge in [0.05, 0.1) is 0 Å². The summed E-state index contributed by atoms with van der Waals surface area (Å²) in [6.07, 6.45) is 0. The number of rotatable bonds is 2. The van der Waals surface area contributed by atoms with Gasteiger partial charge in [-0.3, -0.25) is 8.42 Å². The Morgan fingerprint density at radius 1 is 0.696 bits per heavy atom. The van der Waals surface area contributed by atoms with E-state index in [9.17, 15) is 17.5 Å². The first-order valence-corrected chi connectivity index (χ1v) is 8.71. The van der Waals surface area contributed by atoms with Crippen LogP contribution in [0.1, 0.15) is 22.3 Å². The minimum Gasteiger partial charge on any atom is -0.768 e. The molecule has 0 spiro atoms. The van der Waals surface area contributed by atoms with E-state index in [1.807, 2.05) is 26.0 Å². The maximum absolute atomic E-state index is 10.6. The van der Waals surface area contributed by atoms with E-state index in [4.69, 9.17) is 0 Å². The van der Waals surface area contributed by atoms with Crippen LogP contribution in [0, 0.1) is 27.7 Å². The maximum atomic E-state index is 10.6. The van der Waals surface area contributed by atoms with Crippen LogP contribution in [0.4, 0.5) is 0 Å². The van der Waals surface area contributed by atoms with Crippen LogP contribution in [0.15, 0.2) is 46.2 Å². The molecule has 120 valence electrons. The molecule has 4 nitrogen and oxygen atoms in total. The van der Waals surface area contributed by atoms with Gasteiger partial charge in [0.15, 0.2) is 0 Å². The van der Waals surface area contributed by atoms with Crippen molar-refractivity contribution in [3.63, 3.8) is 0 Å². The normalized spacial score (nSPS) is 12.4. The smallest absolute Gasteiger partial charge is 0.768 e. The third kappa shape index (κ3) is 6.36. The first-order valence-electron chi connectivity index (χ1n) is 6.56. The molecule has 2 rings (SSSR count). The molecule has 2 aromatic carbocycles. The molecule has 0 bridgehead atoms. The molecule has 0 aromatic heterocycles. The molecule has 23 heavy (non-hydrogen) atoms. The van der Waals surface area contributed by atoms with Crippen LogP contribution in [-0.2, 0) is 41.6 Å². The van der Waals surface area contributed by atoms with Crippen molar-refractivity contribution in [2.75, 3.05) is 0 Å². The van der Waals surface area contributed by atoms with E-state index >= 15 is 0 Å². The summed E-state index contributed by atoms with van der Waals surface area (Å²) in [5.74, 6) is 0. The maximum Gasteiger partial charge on any atom is 2.00 e. The number of benzene rings is 2. The molecule has 0 aliphatic heterocycles. The predicted octanol–water partition coefficient (Wildman–Crippen LogP) is 3.08. The molecule has 0 saturated carbocycles. The second-order valence-electron chi connectivity index (χ2n) is 4.87. The molecule has 0 aliphatic rings. The van der Waals surface area contributed by atoms with Gasteiger partial charge in [-0.05, 0) is 84.2 Å². The van der Waals surface area contributed by atoms with Crippen LogP contribution in [-0.4, -0.2) is 17.5 Å². The topological polar surface area (TPSA) is 80.3 Å². The molecule has 7 heteroatoms. The SMILES string of the molecule is Cc1cccc(S(=O)[O-])c1C.Cc1cccc(S(=O)[O-])c1C.[Zn+2]. The molecule has 2 aromatic rings. The van der Waals surface area contributed by atoms with Gasteiger partial charge in [-0.2, -0.15) is 0 Å².